The van der Waals surface area contributed by atoms with Gasteiger partial charge < -0.3 is 10.1 Å². The predicted octanol–water partition coefficient (Wildman–Crippen LogP) is 1.84. The van der Waals surface area contributed by atoms with Gasteiger partial charge in [-0.25, -0.2) is 8.42 Å². The van der Waals surface area contributed by atoms with Crippen molar-refractivity contribution in [2.24, 2.45) is 0 Å². The van der Waals surface area contributed by atoms with Crippen molar-refractivity contribution < 1.29 is 13.2 Å². The SMILES string of the molecule is CCCNCc1cccc(S(=O)(=O)N(C)C(C)COC)c1. The fraction of sp³-hybridized carbons (Fsp3) is 0.600. The standard InChI is InChI=1S/C15H26N2O3S/c1-5-9-16-11-14-7-6-8-15(10-14)21(18,19)17(3)13(2)12-20-4/h6-8,10,13,16H,5,9,11-12H2,1-4H3. The second kappa shape index (κ2) is 8.48. The number of nitrogens with zero attached hydrogens (tertiary/aromatic N) is 1. The Kier molecular flexibility index (Phi) is 7.31. The lowest BCUT2D eigenvalue weighted by molar-refractivity contribution is 0.149. The zero-order valence-corrected chi connectivity index (χ0v) is 14.1. The lowest BCUT2D eigenvalue weighted by Gasteiger charge is -2.23. The number of hydrogen-bond acceptors (Lipinski definition) is 4. The molecule has 120 valence electrons. The van der Waals surface area contributed by atoms with Gasteiger partial charge in [-0.1, -0.05) is 19.1 Å². The van der Waals surface area contributed by atoms with Crippen LogP contribution in [-0.4, -0.2) is 46.1 Å². The number of likely N-dealkylation sites (N-methyl/N-ethyl adjacent to an activating group) is 1. The van der Waals surface area contributed by atoms with E-state index in [0.29, 0.717) is 18.0 Å². The Morgan fingerprint density at radius 3 is 2.71 bits per heavy atom. The molecule has 1 unspecified atom stereocenters. The molecule has 0 saturated heterocycles. The van der Waals surface area contributed by atoms with Crippen LogP contribution in [0.15, 0.2) is 29.2 Å². The van der Waals surface area contributed by atoms with Gasteiger partial charge in [0.25, 0.3) is 0 Å². The van der Waals surface area contributed by atoms with E-state index in [9.17, 15) is 8.42 Å². The van der Waals surface area contributed by atoms with Gasteiger partial charge in [-0.3, -0.25) is 0 Å². The minimum Gasteiger partial charge on any atom is -0.383 e. The fourth-order valence-corrected chi connectivity index (χ4v) is 3.39. The number of nitrogens with one attached hydrogen (secondary N) is 1. The maximum Gasteiger partial charge on any atom is 0.243 e. The number of hydrogen-bond donors (Lipinski definition) is 1. The monoisotopic (exact) mass is 314 g/mol. The van der Waals surface area contributed by atoms with Crippen molar-refractivity contribution >= 4 is 10.0 Å². The summed E-state index contributed by atoms with van der Waals surface area (Å²) in [6, 6.07) is 6.87. The van der Waals surface area contributed by atoms with E-state index in [4.69, 9.17) is 4.74 Å². The number of sulfonamides is 1. The molecule has 1 aromatic rings. The third-order valence-corrected chi connectivity index (χ3v) is 5.33. The zero-order valence-electron chi connectivity index (χ0n) is 13.3. The maximum atomic E-state index is 12.6. The average molecular weight is 314 g/mol. The first-order valence-electron chi connectivity index (χ1n) is 7.20. The van der Waals surface area contributed by atoms with Crippen LogP contribution in [0.3, 0.4) is 0 Å². The second-order valence-electron chi connectivity index (χ2n) is 5.15. The zero-order chi connectivity index (χ0) is 15.9. The van der Waals surface area contributed by atoms with E-state index in [1.165, 1.54) is 4.31 Å². The van der Waals surface area contributed by atoms with Crippen LogP contribution in [0.5, 0.6) is 0 Å². The Balaban J connectivity index is 2.90. The quantitative estimate of drug-likeness (QED) is 0.707. The van der Waals surface area contributed by atoms with Crippen molar-refractivity contribution in [2.75, 3.05) is 27.3 Å². The number of benzene rings is 1. The molecule has 0 aliphatic heterocycles. The van der Waals surface area contributed by atoms with E-state index in [0.717, 1.165) is 18.5 Å². The van der Waals surface area contributed by atoms with Crippen LogP contribution in [0.25, 0.3) is 0 Å². The summed E-state index contributed by atoms with van der Waals surface area (Å²) in [7, 11) is -0.337. The smallest absolute Gasteiger partial charge is 0.243 e. The van der Waals surface area contributed by atoms with E-state index in [-0.39, 0.29) is 6.04 Å². The third kappa shape index (κ3) is 5.07. The molecule has 0 heterocycles. The molecule has 1 rings (SSSR count). The first kappa shape index (κ1) is 18.1. The molecule has 0 saturated carbocycles. The molecule has 21 heavy (non-hydrogen) atoms. The van der Waals surface area contributed by atoms with E-state index in [1.54, 1.807) is 32.4 Å². The number of ether oxygens (including phenoxy) is 1. The van der Waals surface area contributed by atoms with Crippen LogP contribution in [0.2, 0.25) is 0 Å². The molecular weight excluding hydrogens is 288 g/mol. The fourth-order valence-electron chi connectivity index (χ4n) is 1.97. The Hall–Kier alpha value is -0.950. The molecule has 0 amide bonds. The predicted molar refractivity (Wildman–Crippen MR) is 84.7 cm³/mol. The van der Waals surface area contributed by atoms with Gasteiger partial charge in [0.15, 0.2) is 0 Å². The summed E-state index contributed by atoms with van der Waals surface area (Å²) in [5.41, 5.74) is 0.970. The molecule has 1 aromatic carbocycles. The van der Waals surface area contributed by atoms with E-state index in [2.05, 4.69) is 12.2 Å². The lowest BCUT2D eigenvalue weighted by atomic mass is 10.2. The van der Waals surface area contributed by atoms with Crippen LogP contribution in [0, 0.1) is 0 Å². The molecule has 1 N–H and O–H groups in total. The minimum atomic E-state index is -3.49. The summed E-state index contributed by atoms with van der Waals surface area (Å²) >= 11 is 0. The topological polar surface area (TPSA) is 58.6 Å². The number of methoxy groups -OCH3 is 1. The highest BCUT2D eigenvalue weighted by atomic mass is 32.2. The van der Waals surface area contributed by atoms with Crippen molar-refractivity contribution in [3.05, 3.63) is 29.8 Å². The minimum absolute atomic E-state index is 0.207. The van der Waals surface area contributed by atoms with Gasteiger partial charge in [-0.05, 0) is 37.6 Å². The summed E-state index contributed by atoms with van der Waals surface area (Å²) in [5, 5.41) is 3.27. The highest BCUT2D eigenvalue weighted by Crippen LogP contribution is 2.18. The van der Waals surface area contributed by atoms with Gasteiger partial charge in [0.05, 0.1) is 11.5 Å². The van der Waals surface area contributed by atoms with Crippen LogP contribution in [-0.2, 0) is 21.3 Å². The lowest BCUT2D eigenvalue weighted by Crippen LogP contribution is -2.37. The van der Waals surface area contributed by atoms with Crippen LogP contribution in [0.4, 0.5) is 0 Å². The Labute approximate surface area is 128 Å². The molecule has 0 aliphatic carbocycles. The average Bonchev–Trinajstić information content (AvgIpc) is 2.47. The molecule has 0 aromatic heterocycles. The maximum absolute atomic E-state index is 12.6. The first-order chi connectivity index (χ1) is 9.93. The van der Waals surface area contributed by atoms with Crippen molar-refractivity contribution in [3.8, 4) is 0 Å². The Morgan fingerprint density at radius 1 is 1.38 bits per heavy atom. The van der Waals surface area contributed by atoms with Gasteiger partial charge in [-0.2, -0.15) is 4.31 Å². The van der Waals surface area contributed by atoms with Gasteiger partial charge in [0, 0.05) is 26.7 Å². The van der Waals surface area contributed by atoms with Crippen molar-refractivity contribution in [3.63, 3.8) is 0 Å². The third-order valence-electron chi connectivity index (χ3n) is 3.36. The van der Waals surface area contributed by atoms with Crippen LogP contribution in [0.1, 0.15) is 25.8 Å². The van der Waals surface area contributed by atoms with Crippen molar-refractivity contribution in [1.29, 1.82) is 0 Å². The molecule has 0 spiro atoms. The van der Waals surface area contributed by atoms with Gasteiger partial charge in [-0.15, -0.1) is 0 Å². The molecular formula is C15H26N2O3S. The highest BCUT2D eigenvalue weighted by Gasteiger charge is 2.25. The Morgan fingerprint density at radius 2 is 2.10 bits per heavy atom. The van der Waals surface area contributed by atoms with Gasteiger partial charge in [0.1, 0.15) is 0 Å². The number of rotatable bonds is 9. The summed E-state index contributed by atoms with van der Waals surface area (Å²) < 4.78 is 31.5. The van der Waals surface area contributed by atoms with Crippen LogP contribution < -0.4 is 5.32 Å². The van der Waals surface area contributed by atoms with E-state index in [1.807, 2.05) is 13.0 Å². The summed E-state index contributed by atoms with van der Waals surface area (Å²) in [4.78, 5) is 0.323. The molecule has 0 aliphatic rings. The summed E-state index contributed by atoms with van der Waals surface area (Å²) in [6.45, 7) is 5.89. The summed E-state index contributed by atoms with van der Waals surface area (Å²) in [5.74, 6) is 0. The van der Waals surface area contributed by atoms with Crippen molar-refractivity contribution in [2.45, 2.75) is 37.8 Å². The van der Waals surface area contributed by atoms with E-state index < -0.39 is 10.0 Å². The normalized spacial score (nSPS) is 13.6. The van der Waals surface area contributed by atoms with Crippen LogP contribution >= 0.6 is 0 Å². The first-order valence-corrected chi connectivity index (χ1v) is 8.64. The van der Waals surface area contributed by atoms with Gasteiger partial charge in [0.2, 0.25) is 10.0 Å². The second-order valence-corrected chi connectivity index (χ2v) is 7.15. The molecule has 1 atom stereocenters. The largest absolute Gasteiger partial charge is 0.383 e. The van der Waals surface area contributed by atoms with Crippen molar-refractivity contribution in [1.82, 2.24) is 9.62 Å². The molecule has 6 heteroatoms. The molecule has 5 nitrogen and oxygen atoms in total. The molecule has 0 radical (unpaired) electrons. The van der Waals surface area contributed by atoms with Gasteiger partial charge >= 0.3 is 0 Å². The Bertz CT molecular complexity index is 531. The highest BCUT2D eigenvalue weighted by molar-refractivity contribution is 7.89. The van der Waals surface area contributed by atoms with E-state index >= 15 is 0 Å². The molecule has 0 fully saturated rings. The summed E-state index contributed by atoms with van der Waals surface area (Å²) in [6.07, 6.45) is 1.05. The molecule has 0 bridgehead atoms.